The Morgan fingerprint density at radius 3 is 1.77 bits per heavy atom. The van der Waals surface area contributed by atoms with Gasteiger partial charge in [0.15, 0.2) is 0 Å². The Labute approximate surface area is 259 Å². The van der Waals surface area contributed by atoms with Crippen LogP contribution in [-0.4, -0.2) is 0 Å². The number of fused-ring (bicyclic) bond motifs is 5. The molecular formula is C43H33N. The highest BCUT2D eigenvalue weighted by Crippen LogP contribution is 2.56. The van der Waals surface area contributed by atoms with E-state index < -0.39 is 0 Å². The van der Waals surface area contributed by atoms with Crippen molar-refractivity contribution in [3.05, 3.63) is 175 Å². The van der Waals surface area contributed by atoms with E-state index in [4.69, 9.17) is 0 Å². The first-order valence-corrected chi connectivity index (χ1v) is 15.4. The largest absolute Gasteiger partial charge is 0.310 e. The van der Waals surface area contributed by atoms with Crippen LogP contribution in [0.15, 0.2) is 164 Å². The molecule has 7 aromatic rings. The minimum atomic E-state index is -0.146. The second kappa shape index (κ2) is 10.4. The predicted octanol–water partition coefficient (Wildman–Crippen LogP) is 11.9. The van der Waals surface area contributed by atoms with E-state index in [1.807, 2.05) is 0 Å². The van der Waals surface area contributed by atoms with Gasteiger partial charge in [0.1, 0.15) is 0 Å². The molecule has 1 nitrogen and oxygen atoms in total. The van der Waals surface area contributed by atoms with Crippen molar-refractivity contribution in [1.29, 1.82) is 0 Å². The van der Waals surface area contributed by atoms with Crippen molar-refractivity contribution in [1.82, 2.24) is 0 Å². The van der Waals surface area contributed by atoms with Crippen LogP contribution in [-0.2, 0) is 5.41 Å². The van der Waals surface area contributed by atoms with Crippen molar-refractivity contribution in [2.75, 3.05) is 4.90 Å². The van der Waals surface area contributed by atoms with Gasteiger partial charge in [0.2, 0.25) is 0 Å². The van der Waals surface area contributed by atoms with Crippen molar-refractivity contribution in [3.63, 3.8) is 0 Å². The topological polar surface area (TPSA) is 3.24 Å². The van der Waals surface area contributed by atoms with Crippen molar-refractivity contribution in [2.24, 2.45) is 0 Å². The molecule has 0 atom stereocenters. The maximum Gasteiger partial charge on any atom is 0.0540 e. The van der Waals surface area contributed by atoms with Gasteiger partial charge in [0.05, 0.1) is 5.69 Å². The molecule has 0 N–H and O–H groups in total. The van der Waals surface area contributed by atoms with Gasteiger partial charge in [-0.1, -0.05) is 141 Å². The smallest absolute Gasteiger partial charge is 0.0540 e. The predicted molar refractivity (Wildman–Crippen MR) is 187 cm³/mol. The second-order valence-corrected chi connectivity index (χ2v) is 12.2. The number of para-hydroxylation sites is 2. The van der Waals surface area contributed by atoms with Crippen molar-refractivity contribution in [3.8, 4) is 33.4 Å². The lowest BCUT2D eigenvalue weighted by Gasteiger charge is -2.29. The van der Waals surface area contributed by atoms with E-state index in [0.29, 0.717) is 0 Å². The standard InChI is InChI=1S/C43H33N/c1-43(2)39-27-26-34(44(33-21-10-5-11-22-33)40-25-15-14-23-35(40)30-16-6-3-7-17-30)29-38(39)41-37(31-18-8-4-9-19-31)28-32-20-12-13-24-36(32)42(41)43/h3-29H,1-2H3. The molecule has 0 amide bonds. The Balaban J connectivity index is 1.41. The third kappa shape index (κ3) is 4.16. The molecule has 210 valence electrons. The monoisotopic (exact) mass is 563 g/mol. The molecule has 0 unspecified atom stereocenters. The molecule has 0 heterocycles. The van der Waals surface area contributed by atoms with Crippen molar-refractivity contribution < 1.29 is 0 Å². The molecule has 7 aromatic carbocycles. The maximum atomic E-state index is 2.43. The highest BCUT2D eigenvalue weighted by molar-refractivity contribution is 6.05. The minimum absolute atomic E-state index is 0.146. The van der Waals surface area contributed by atoms with Gasteiger partial charge in [-0.2, -0.15) is 0 Å². The fraction of sp³-hybridized carbons (Fsp3) is 0.0698. The van der Waals surface area contributed by atoms with Gasteiger partial charge < -0.3 is 4.90 Å². The van der Waals surface area contributed by atoms with Crippen LogP contribution in [0.3, 0.4) is 0 Å². The van der Waals surface area contributed by atoms with Crippen molar-refractivity contribution >= 4 is 27.8 Å². The lowest BCUT2D eigenvalue weighted by atomic mass is 9.79. The Hall–Kier alpha value is -5.40. The first kappa shape index (κ1) is 26.2. The van der Waals surface area contributed by atoms with Gasteiger partial charge in [-0.3, -0.25) is 0 Å². The summed E-state index contributed by atoms with van der Waals surface area (Å²) in [4.78, 5) is 2.41. The molecule has 0 saturated heterocycles. The van der Waals surface area contributed by atoms with E-state index in [9.17, 15) is 0 Å². The van der Waals surface area contributed by atoms with Crippen LogP contribution >= 0.6 is 0 Å². The van der Waals surface area contributed by atoms with Crippen LogP contribution in [0.5, 0.6) is 0 Å². The van der Waals surface area contributed by atoms with Crippen LogP contribution in [0.4, 0.5) is 17.1 Å². The number of benzene rings is 7. The molecule has 0 saturated carbocycles. The third-order valence-corrected chi connectivity index (χ3v) is 9.21. The van der Waals surface area contributed by atoms with E-state index in [1.54, 1.807) is 0 Å². The van der Waals surface area contributed by atoms with Crippen molar-refractivity contribution in [2.45, 2.75) is 19.3 Å². The number of hydrogen-bond donors (Lipinski definition) is 0. The van der Waals surface area contributed by atoms with E-state index in [1.165, 1.54) is 55.3 Å². The third-order valence-electron chi connectivity index (χ3n) is 9.21. The van der Waals surface area contributed by atoms with Crippen LogP contribution in [0.2, 0.25) is 0 Å². The second-order valence-electron chi connectivity index (χ2n) is 12.2. The zero-order chi connectivity index (χ0) is 29.7. The van der Waals surface area contributed by atoms with E-state index >= 15 is 0 Å². The van der Waals surface area contributed by atoms with E-state index in [-0.39, 0.29) is 5.41 Å². The molecule has 1 heteroatoms. The highest BCUT2D eigenvalue weighted by Gasteiger charge is 2.39. The summed E-state index contributed by atoms with van der Waals surface area (Å²) >= 11 is 0. The molecular weight excluding hydrogens is 530 g/mol. The van der Waals surface area contributed by atoms with E-state index in [2.05, 4.69) is 183 Å². The zero-order valence-corrected chi connectivity index (χ0v) is 25.0. The molecule has 0 fully saturated rings. The summed E-state index contributed by atoms with van der Waals surface area (Å²) in [5.74, 6) is 0. The summed E-state index contributed by atoms with van der Waals surface area (Å²) in [6, 6.07) is 59.4. The zero-order valence-electron chi connectivity index (χ0n) is 25.0. The van der Waals surface area contributed by atoms with Gasteiger partial charge in [-0.05, 0) is 86.1 Å². The lowest BCUT2D eigenvalue weighted by molar-refractivity contribution is 0.666. The Kier molecular flexibility index (Phi) is 6.20. The summed E-state index contributed by atoms with van der Waals surface area (Å²) in [6.45, 7) is 4.77. The molecule has 1 aliphatic carbocycles. The van der Waals surface area contributed by atoms with Crippen LogP contribution in [0, 0.1) is 0 Å². The van der Waals surface area contributed by atoms with Crippen LogP contribution < -0.4 is 4.90 Å². The normalized spacial score (nSPS) is 13.0. The molecule has 0 bridgehead atoms. The summed E-state index contributed by atoms with van der Waals surface area (Å²) in [6.07, 6.45) is 0. The summed E-state index contributed by atoms with van der Waals surface area (Å²) in [5, 5.41) is 2.62. The average molecular weight is 564 g/mol. The molecule has 0 radical (unpaired) electrons. The Bertz CT molecular complexity index is 2130. The maximum absolute atomic E-state index is 2.43. The molecule has 0 aliphatic heterocycles. The Morgan fingerprint density at radius 1 is 0.455 bits per heavy atom. The first-order chi connectivity index (χ1) is 21.6. The molecule has 8 rings (SSSR count). The quantitative estimate of drug-likeness (QED) is 0.201. The number of nitrogens with zero attached hydrogens (tertiary/aromatic N) is 1. The first-order valence-electron chi connectivity index (χ1n) is 15.4. The van der Waals surface area contributed by atoms with Gasteiger partial charge >= 0.3 is 0 Å². The number of rotatable bonds is 5. The fourth-order valence-electron chi connectivity index (χ4n) is 7.21. The fourth-order valence-corrected chi connectivity index (χ4v) is 7.21. The number of anilines is 3. The SMILES string of the molecule is CC1(C)c2ccc(N(c3ccccc3)c3ccccc3-c3ccccc3)cc2-c2c(-c3ccccc3)cc3ccccc3c21. The summed E-state index contributed by atoms with van der Waals surface area (Å²) < 4.78 is 0. The average Bonchev–Trinajstić information content (AvgIpc) is 3.32. The van der Waals surface area contributed by atoms with E-state index in [0.717, 1.165) is 17.1 Å². The molecule has 1 aliphatic rings. The van der Waals surface area contributed by atoms with Gasteiger partial charge in [0, 0.05) is 22.4 Å². The van der Waals surface area contributed by atoms with Gasteiger partial charge in [0.25, 0.3) is 0 Å². The molecule has 44 heavy (non-hydrogen) atoms. The van der Waals surface area contributed by atoms with Crippen LogP contribution in [0.25, 0.3) is 44.2 Å². The minimum Gasteiger partial charge on any atom is -0.310 e. The van der Waals surface area contributed by atoms with Crippen LogP contribution in [0.1, 0.15) is 25.0 Å². The summed E-state index contributed by atoms with van der Waals surface area (Å²) in [5.41, 5.74) is 13.7. The lowest BCUT2D eigenvalue weighted by Crippen LogP contribution is -2.16. The highest BCUT2D eigenvalue weighted by atomic mass is 15.1. The molecule has 0 aromatic heterocycles. The van der Waals surface area contributed by atoms with Gasteiger partial charge in [-0.25, -0.2) is 0 Å². The Morgan fingerprint density at radius 2 is 1.05 bits per heavy atom. The number of hydrogen-bond acceptors (Lipinski definition) is 1. The van der Waals surface area contributed by atoms with Gasteiger partial charge in [-0.15, -0.1) is 0 Å². The summed E-state index contributed by atoms with van der Waals surface area (Å²) in [7, 11) is 0. The molecule has 0 spiro atoms.